The largest absolute Gasteiger partial charge is 0.387 e. The fraction of sp³-hybridized carbons (Fsp3) is 0.333. The van der Waals surface area contributed by atoms with Crippen molar-refractivity contribution in [3.05, 3.63) is 120 Å². The molecule has 1 N–H and O–H groups in total. The minimum atomic E-state index is -0.846. The molecule has 0 aromatic heterocycles. The molecule has 1 aliphatic rings. The van der Waals surface area contributed by atoms with Gasteiger partial charge in [0.05, 0.1) is 26.4 Å². The smallest absolute Gasteiger partial charge is 0.132 e. The van der Waals surface area contributed by atoms with Gasteiger partial charge in [0, 0.05) is 44.1 Å². The van der Waals surface area contributed by atoms with Crippen molar-refractivity contribution in [3.63, 3.8) is 0 Å². The maximum Gasteiger partial charge on any atom is 0.132 e. The van der Waals surface area contributed by atoms with Crippen LogP contribution in [0.5, 0.6) is 0 Å². The van der Waals surface area contributed by atoms with Crippen molar-refractivity contribution in [3.8, 4) is 0 Å². The number of ether oxygens (including phenoxy) is 4. The molecule has 2 unspecified atom stereocenters. The summed E-state index contributed by atoms with van der Waals surface area (Å²) in [7, 11) is 0. The first kappa shape index (κ1) is 31.7. The number of rotatable bonds is 12. The van der Waals surface area contributed by atoms with Gasteiger partial charge in [0.1, 0.15) is 29.9 Å². The van der Waals surface area contributed by atoms with E-state index < -0.39 is 29.9 Å². The third kappa shape index (κ3) is 8.63. The fourth-order valence-corrected chi connectivity index (χ4v) is 5.78. The Bertz CT molecular complexity index is 1290. The quantitative estimate of drug-likeness (QED) is 0.181. The van der Waals surface area contributed by atoms with E-state index in [0.717, 1.165) is 27.8 Å². The van der Waals surface area contributed by atoms with E-state index in [9.17, 15) is 5.11 Å². The molecular formula is C33H36AcO5S. The van der Waals surface area contributed by atoms with E-state index in [4.69, 9.17) is 18.9 Å². The van der Waals surface area contributed by atoms with Crippen LogP contribution in [0.1, 0.15) is 23.6 Å². The third-order valence-electron chi connectivity index (χ3n) is 6.88. The van der Waals surface area contributed by atoms with E-state index in [1.807, 2.05) is 72.8 Å². The van der Waals surface area contributed by atoms with Gasteiger partial charge in [-0.3, -0.25) is 0 Å². The molecule has 0 bridgehead atoms. The maximum atomic E-state index is 11.4. The molecule has 1 radical (unpaired) electrons. The summed E-state index contributed by atoms with van der Waals surface area (Å²) in [5.74, 6) is 0.812. The summed E-state index contributed by atoms with van der Waals surface area (Å²) in [6.07, 6.45) is -2.33. The summed E-state index contributed by atoms with van der Waals surface area (Å²) in [5, 5.41) is 13.8. The average Bonchev–Trinajstić information content (AvgIpc) is 2.98. The molecule has 5 atom stereocenters. The molecule has 1 saturated heterocycles. The standard InChI is InChI=1S/C33H36O5S.Ac/c1-2-39-33-30(34)32(37-22-26-17-18-27-15-9-10-16-28(27)19-26)31(36-21-25-13-7-4-8-14-25)29(38-33)23-35-20-24-11-5-3-6-12-24;/h3-19,29-34H,2,20-23H2,1H3;/t29?,30?,31-,32-,33+;/m1./s1. The van der Waals surface area contributed by atoms with Crippen molar-refractivity contribution in [2.45, 2.75) is 56.6 Å². The van der Waals surface area contributed by atoms with Crippen molar-refractivity contribution in [1.29, 1.82) is 0 Å². The van der Waals surface area contributed by atoms with E-state index in [1.165, 1.54) is 5.39 Å². The molecule has 1 heterocycles. The van der Waals surface area contributed by atoms with E-state index in [-0.39, 0.29) is 44.1 Å². The van der Waals surface area contributed by atoms with Gasteiger partial charge in [-0.05, 0) is 39.3 Å². The number of hydrogen-bond donors (Lipinski definition) is 1. The Kier molecular flexibility index (Phi) is 13.0. The van der Waals surface area contributed by atoms with Crippen LogP contribution in [0.25, 0.3) is 10.8 Å². The topological polar surface area (TPSA) is 57.2 Å². The first-order valence-corrected chi connectivity index (χ1v) is 14.6. The molecule has 5 nitrogen and oxygen atoms in total. The Balaban J connectivity index is 0.00000370. The van der Waals surface area contributed by atoms with Gasteiger partial charge < -0.3 is 24.1 Å². The molecule has 0 aliphatic carbocycles. The minimum absolute atomic E-state index is 0. The van der Waals surface area contributed by atoms with Crippen LogP contribution in [0.2, 0.25) is 0 Å². The van der Waals surface area contributed by atoms with Crippen molar-refractivity contribution >= 4 is 22.5 Å². The molecule has 1 aliphatic heterocycles. The van der Waals surface area contributed by atoms with Gasteiger partial charge in [0.15, 0.2) is 0 Å². The third-order valence-corrected chi connectivity index (χ3v) is 7.93. The van der Waals surface area contributed by atoms with Crippen LogP contribution < -0.4 is 0 Å². The van der Waals surface area contributed by atoms with Gasteiger partial charge in [-0.2, -0.15) is 0 Å². The first-order valence-electron chi connectivity index (χ1n) is 13.5. The SMILES string of the molecule is CCS[C@@H]1OC(COCc2ccccc2)[C@@H](OCc2ccccc2)[C@H](OCc2ccc3ccccc3c2)C1O.[Ac]. The summed E-state index contributed by atoms with van der Waals surface area (Å²) in [4.78, 5) is 0. The average molecular weight is 772 g/mol. The number of aliphatic hydroxyl groups excluding tert-OH is 1. The molecule has 1 fully saturated rings. The maximum absolute atomic E-state index is 11.4. The predicted octanol–water partition coefficient (Wildman–Crippen LogP) is 6.37. The van der Waals surface area contributed by atoms with Crippen molar-refractivity contribution in [2.75, 3.05) is 12.4 Å². The van der Waals surface area contributed by atoms with Crippen molar-refractivity contribution in [1.82, 2.24) is 0 Å². The molecular weight excluding hydrogens is 735 g/mol. The normalized spacial score (nSPS) is 22.6. The van der Waals surface area contributed by atoms with Gasteiger partial charge >= 0.3 is 0 Å². The second-order valence-corrected chi connectivity index (χ2v) is 11.1. The van der Waals surface area contributed by atoms with Gasteiger partial charge in [-0.15, -0.1) is 11.8 Å². The minimum Gasteiger partial charge on any atom is -0.387 e. The zero-order chi connectivity index (χ0) is 26.9. The molecule has 4 aromatic carbocycles. The Morgan fingerprint density at radius 1 is 0.700 bits per heavy atom. The van der Waals surface area contributed by atoms with E-state index >= 15 is 0 Å². The van der Waals surface area contributed by atoms with Gasteiger partial charge in [0.2, 0.25) is 0 Å². The van der Waals surface area contributed by atoms with Gasteiger partial charge in [0.25, 0.3) is 0 Å². The number of aliphatic hydroxyl groups is 1. The molecule has 4 aromatic rings. The summed E-state index contributed by atoms with van der Waals surface area (Å²) >= 11 is 1.57. The molecule has 40 heavy (non-hydrogen) atoms. The monoisotopic (exact) mass is 771 g/mol. The first-order chi connectivity index (χ1) is 19.2. The Labute approximate surface area is 277 Å². The van der Waals surface area contributed by atoms with E-state index in [1.54, 1.807) is 11.8 Å². The summed E-state index contributed by atoms with van der Waals surface area (Å²) in [6.45, 7) is 3.61. The van der Waals surface area contributed by atoms with Crippen molar-refractivity contribution < 1.29 is 68.1 Å². The second-order valence-electron chi connectivity index (χ2n) is 9.71. The van der Waals surface area contributed by atoms with Crippen LogP contribution in [0.15, 0.2) is 103 Å². The van der Waals surface area contributed by atoms with Crippen LogP contribution in [0, 0.1) is 44.1 Å². The zero-order valence-corrected chi connectivity index (χ0v) is 28.4. The van der Waals surface area contributed by atoms with Crippen molar-refractivity contribution in [2.24, 2.45) is 0 Å². The molecule has 7 heteroatoms. The summed E-state index contributed by atoms with van der Waals surface area (Å²) in [6, 6.07) is 34.7. The summed E-state index contributed by atoms with van der Waals surface area (Å²) in [5.41, 5.74) is 2.76. The molecule has 207 valence electrons. The number of benzene rings is 4. The zero-order valence-electron chi connectivity index (χ0n) is 22.8. The van der Waals surface area contributed by atoms with Crippen LogP contribution in [0.3, 0.4) is 0 Å². The van der Waals surface area contributed by atoms with Crippen LogP contribution in [-0.2, 0) is 38.8 Å². The Morgan fingerprint density at radius 2 is 1.30 bits per heavy atom. The number of hydrogen-bond acceptors (Lipinski definition) is 6. The van der Waals surface area contributed by atoms with E-state index in [0.29, 0.717) is 26.4 Å². The second kappa shape index (κ2) is 16.4. The Hall–Kier alpha value is -1.27. The predicted molar refractivity (Wildman–Crippen MR) is 156 cm³/mol. The van der Waals surface area contributed by atoms with Crippen LogP contribution in [0.4, 0.5) is 0 Å². The number of fused-ring (bicyclic) bond motifs is 1. The fourth-order valence-electron chi connectivity index (χ4n) is 4.88. The molecule has 0 amide bonds. The van der Waals surface area contributed by atoms with Gasteiger partial charge in [-0.25, -0.2) is 0 Å². The summed E-state index contributed by atoms with van der Waals surface area (Å²) < 4.78 is 25.4. The van der Waals surface area contributed by atoms with Crippen LogP contribution >= 0.6 is 11.8 Å². The number of thioether (sulfide) groups is 1. The molecule has 5 rings (SSSR count). The van der Waals surface area contributed by atoms with E-state index in [2.05, 4.69) is 37.3 Å². The molecule has 0 saturated carbocycles. The Morgan fingerprint density at radius 3 is 2.00 bits per heavy atom. The molecule has 0 spiro atoms. The van der Waals surface area contributed by atoms with Gasteiger partial charge in [-0.1, -0.05) is 104 Å². The van der Waals surface area contributed by atoms with Crippen LogP contribution in [-0.4, -0.2) is 47.3 Å².